The molecule has 0 aromatic carbocycles. The Morgan fingerprint density at radius 1 is 1.55 bits per heavy atom. The number of hydrogen-bond acceptors (Lipinski definition) is 6. The Kier molecular flexibility index (Phi) is 5.06. The summed E-state index contributed by atoms with van der Waals surface area (Å²) in [7, 11) is 1.25. The largest absolute Gasteiger partial charge is 0.398 e. The number of pyridine rings is 1. The Bertz CT molecular complexity index is 732. The molecule has 0 saturated carbocycles. The molecule has 2 heterocycles. The highest BCUT2D eigenvalue weighted by Gasteiger charge is 2.15. The van der Waals surface area contributed by atoms with Crippen molar-refractivity contribution >= 4 is 29.2 Å². The van der Waals surface area contributed by atoms with Gasteiger partial charge in [0.05, 0.1) is 6.54 Å². The number of nitriles is 1. The molecule has 8 nitrogen and oxygen atoms in total. The van der Waals surface area contributed by atoms with Gasteiger partial charge >= 0.3 is 0 Å². The lowest BCUT2D eigenvalue weighted by Gasteiger charge is -2.08. The number of carbonyl (C=O) groups excluding carboxylic acids is 1. The van der Waals surface area contributed by atoms with Crippen LogP contribution >= 0.6 is 11.6 Å². The maximum absolute atomic E-state index is 11.9. The van der Waals surface area contributed by atoms with Crippen LogP contribution in [0.4, 0.5) is 5.95 Å². The molecule has 1 N–H and O–H groups in total. The smallest absolute Gasteiger partial charge is 0.290 e. The SMILES string of the molecule is CO/N=C(\C#N)C(=O)Nc1nccn1Cc1ccc(Cl)nc1. The number of aromatic nitrogens is 3. The summed E-state index contributed by atoms with van der Waals surface area (Å²) in [6.07, 6.45) is 4.84. The fraction of sp³-hybridized carbons (Fsp3) is 0.154. The van der Waals surface area contributed by atoms with Gasteiger partial charge in [0.15, 0.2) is 0 Å². The van der Waals surface area contributed by atoms with Crippen molar-refractivity contribution in [3.63, 3.8) is 0 Å². The van der Waals surface area contributed by atoms with Crippen molar-refractivity contribution in [3.8, 4) is 6.07 Å². The average molecular weight is 319 g/mol. The van der Waals surface area contributed by atoms with E-state index in [2.05, 4.69) is 25.3 Å². The number of carbonyl (C=O) groups is 1. The zero-order chi connectivity index (χ0) is 15.9. The van der Waals surface area contributed by atoms with Crippen LogP contribution < -0.4 is 5.32 Å². The first-order valence-corrected chi connectivity index (χ1v) is 6.46. The van der Waals surface area contributed by atoms with Crippen molar-refractivity contribution < 1.29 is 9.63 Å². The first kappa shape index (κ1) is 15.5. The summed E-state index contributed by atoms with van der Waals surface area (Å²) in [5, 5.41) is 15.0. The lowest BCUT2D eigenvalue weighted by atomic mass is 10.3. The van der Waals surface area contributed by atoms with E-state index >= 15 is 0 Å². The number of amides is 1. The summed E-state index contributed by atoms with van der Waals surface area (Å²) in [6.45, 7) is 0.434. The molecule has 2 rings (SSSR count). The van der Waals surface area contributed by atoms with E-state index in [0.29, 0.717) is 11.7 Å². The zero-order valence-corrected chi connectivity index (χ0v) is 12.3. The van der Waals surface area contributed by atoms with Crippen molar-refractivity contribution in [2.45, 2.75) is 6.54 Å². The van der Waals surface area contributed by atoms with Gasteiger partial charge in [-0.05, 0) is 11.6 Å². The van der Waals surface area contributed by atoms with Crippen molar-refractivity contribution in [2.75, 3.05) is 12.4 Å². The molecule has 0 aliphatic heterocycles. The second-order valence-corrected chi connectivity index (χ2v) is 4.44. The molecule has 0 aliphatic carbocycles. The second-order valence-electron chi connectivity index (χ2n) is 4.06. The van der Waals surface area contributed by atoms with Gasteiger partial charge in [-0.3, -0.25) is 10.1 Å². The Morgan fingerprint density at radius 2 is 2.36 bits per heavy atom. The monoisotopic (exact) mass is 318 g/mol. The van der Waals surface area contributed by atoms with Gasteiger partial charge in [-0.15, -0.1) is 0 Å². The minimum atomic E-state index is -0.703. The van der Waals surface area contributed by atoms with Crippen LogP contribution in [0.3, 0.4) is 0 Å². The summed E-state index contributed by atoms with van der Waals surface area (Å²) in [5.74, 6) is -0.426. The summed E-state index contributed by atoms with van der Waals surface area (Å²) in [4.78, 5) is 24.3. The molecular weight excluding hydrogens is 308 g/mol. The molecule has 2 aromatic rings. The van der Waals surface area contributed by atoms with Crippen LogP contribution in [0, 0.1) is 11.3 Å². The van der Waals surface area contributed by atoms with Crippen LogP contribution in [0.15, 0.2) is 35.9 Å². The number of imidazole rings is 1. The first-order valence-electron chi connectivity index (χ1n) is 6.08. The molecule has 0 radical (unpaired) electrons. The molecule has 0 bridgehead atoms. The highest BCUT2D eigenvalue weighted by atomic mass is 35.5. The van der Waals surface area contributed by atoms with Crippen LogP contribution in [0.1, 0.15) is 5.56 Å². The Labute approximate surface area is 131 Å². The zero-order valence-electron chi connectivity index (χ0n) is 11.5. The highest BCUT2D eigenvalue weighted by molar-refractivity contribution is 6.48. The van der Waals surface area contributed by atoms with Crippen molar-refractivity contribution in [1.82, 2.24) is 14.5 Å². The third kappa shape index (κ3) is 3.80. The third-order valence-electron chi connectivity index (χ3n) is 2.59. The highest BCUT2D eigenvalue weighted by Crippen LogP contribution is 2.11. The van der Waals surface area contributed by atoms with E-state index in [9.17, 15) is 4.79 Å². The Hall–Kier alpha value is -2.92. The normalized spacial score (nSPS) is 10.9. The van der Waals surface area contributed by atoms with E-state index in [-0.39, 0.29) is 5.95 Å². The van der Waals surface area contributed by atoms with Gasteiger partial charge in [-0.25, -0.2) is 9.97 Å². The maximum Gasteiger partial charge on any atom is 0.290 e. The molecular formula is C13H11ClN6O2. The Morgan fingerprint density at radius 3 is 3.00 bits per heavy atom. The van der Waals surface area contributed by atoms with Crippen LogP contribution in [0.5, 0.6) is 0 Å². The standard InChI is InChI=1S/C13H11ClN6O2/c1-22-19-10(6-15)12(21)18-13-16-4-5-20(13)8-9-2-3-11(14)17-7-9/h2-5,7H,8H2,1H3,(H,16,18,21)/b19-10+. The predicted octanol–water partition coefficient (Wildman–Crippen LogP) is 1.44. The van der Waals surface area contributed by atoms with Gasteiger partial charge in [0.25, 0.3) is 5.91 Å². The predicted molar refractivity (Wildman–Crippen MR) is 79.3 cm³/mol. The lowest BCUT2D eigenvalue weighted by molar-refractivity contribution is -0.110. The van der Waals surface area contributed by atoms with Crippen LogP contribution in [0.25, 0.3) is 0 Å². The molecule has 0 saturated heterocycles. The van der Waals surface area contributed by atoms with Gasteiger partial charge in [0, 0.05) is 18.6 Å². The van der Waals surface area contributed by atoms with Crippen molar-refractivity contribution in [2.24, 2.45) is 5.16 Å². The van der Waals surface area contributed by atoms with E-state index in [1.807, 2.05) is 6.07 Å². The molecule has 0 unspecified atom stereocenters. The van der Waals surface area contributed by atoms with Gasteiger partial charge < -0.3 is 9.40 Å². The van der Waals surface area contributed by atoms with Crippen molar-refractivity contribution in [1.29, 1.82) is 5.26 Å². The number of nitrogens with one attached hydrogen (secondary N) is 1. The molecule has 1 amide bonds. The number of anilines is 1. The average Bonchev–Trinajstić information content (AvgIpc) is 2.94. The number of oxime groups is 1. The molecule has 22 heavy (non-hydrogen) atoms. The van der Waals surface area contributed by atoms with E-state index in [0.717, 1.165) is 5.56 Å². The third-order valence-corrected chi connectivity index (χ3v) is 2.81. The molecule has 0 fully saturated rings. The summed E-state index contributed by atoms with van der Waals surface area (Å²) < 4.78 is 1.69. The lowest BCUT2D eigenvalue weighted by Crippen LogP contribution is -2.24. The maximum atomic E-state index is 11.9. The number of halogens is 1. The van der Waals surface area contributed by atoms with E-state index in [1.54, 1.807) is 29.1 Å². The van der Waals surface area contributed by atoms with Gasteiger partial charge in [-0.1, -0.05) is 22.8 Å². The molecule has 0 aliphatic rings. The number of hydrogen-bond donors (Lipinski definition) is 1. The second kappa shape index (κ2) is 7.19. The van der Waals surface area contributed by atoms with Crippen LogP contribution in [-0.2, 0) is 16.2 Å². The topological polar surface area (TPSA) is 105 Å². The molecule has 112 valence electrons. The first-order chi connectivity index (χ1) is 10.6. The summed E-state index contributed by atoms with van der Waals surface area (Å²) >= 11 is 5.73. The minimum Gasteiger partial charge on any atom is -0.398 e. The fourth-order valence-corrected chi connectivity index (χ4v) is 1.73. The quantitative estimate of drug-likeness (QED) is 0.510. The minimum absolute atomic E-state index is 0.277. The number of rotatable bonds is 5. The summed E-state index contributed by atoms with van der Waals surface area (Å²) in [5.41, 5.74) is 0.481. The van der Waals surface area contributed by atoms with Gasteiger partial charge in [0.2, 0.25) is 11.7 Å². The number of nitrogens with zero attached hydrogens (tertiary/aromatic N) is 5. The van der Waals surface area contributed by atoms with Gasteiger partial charge in [-0.2, -0.15) is 5.26 Å². The molecule has 9 heteroatoms. The molecule has 0 atom stereocenters. The van der Waals surface area contributed by atoms with Crippen LogP contribution in [0.2, 0.25) is 5.15 Å². The van der Waals surface area contributed by atoms with Gasteiger partial charge in [0.1, 0.15) is 18.3 Å². The molecule has 2 aromatic heterocycles. The van der Waals surface area contributed by atoms with E-state index in [4.69, 9.17) is 16.9 Å². The fourth-order valence-electron chi connectivity index (χ4n) is 1.62. The molecule has 0 spiro atoms. The summed E-state index contributed by atoms with van der Waals surface area (Å²) in [6, 6.07) is 5.13. The van der Waals surface area contributed by atoms with Crippen molar-refractivity contribution in [3.05, 3.63) is 41.4 Å². The van der Waals surface area contributed by atoms with E-state index in [1.165, 1.54) is 13.3 Å². The van der Waals surface area contributed by atoms with E-state index < -0.39 is 11.6 Å². The Balaban J connectivity index is 2.13. The van der Waals surface area contributed by atoms with Crippen LogP contribution in [-0.4, -0.2) is 33.3 Å².